The van der Waals surface area contributed by atoms with Crippen molar-refractivity contribution in [2.45, 2.75) is 0 Å². The molecule has 3 aromatic rings. The number of methoxy groups -OCH3 is 1. The van der Waals surface area contributed by atoms with Crippen molar-refractivity contribution in [1.82, 2.24) is 14.9 Å². The topological polar surface area (TPSA) is 110 Å². The molecule has 2 heterocycles. The van der Waals surface area contributed by atoms with Gasteiger partial charge in [0.15, 0.2) is 0 Å². The molecule has 1 amide bonds. The summed E-state index contributed by atoms with van der Waals surface area (Å²) >= 11 is 5.87. The van der Waals surface area contributed by atoms with E-state index in [1.54, 1.807) is 24.3 Å². The van der Waals surface area contributed by atoms with E-state index in [2.05, 4.69) is 37.4 Å². The van der Waals surface area contributed by atoms with E-state index in [0.717, 1.165) is 19.6 Å². The van der Waals surface area contributed by atoms with Crippen molar-refractivity contribution >= 4 is 46.2 Å². The summed E-state index contributed by atoms with van der Waals surface area (Å²) in [7, 11) is 1.53. The minimum Gasteiger partial charge on any atom is -0.494 e. The first kappa shape index (κ1) is 27.1. The van der Waals surface area contributed by atoms with Gasteiger partial charge in [0.2, 0.25) is 5.91 Å². The number of carbonyl (C=O) groups excluding carboxylic acids is 1. The van der Waals surface area contributed by atoms with Gasteiger partial charge in [-0.25, -0.2) is 14.4 Å². The number of aromatic nitrogens is 2. The maximum atomic E-state index is 13.5. The molecule has 1 aromatic heterocycles. The summed E-state index contributed by atoms with van der Waals surface area (Å²) in [5, 5.41) is 9.01. The number of carbonyl (C=O) groups is 1. The third-order valence-electron chi connectivity index (χ3n) is 5.64. The quantitative estimate of drug-likeness (QED) is 0.299. The second-order valence-electron chi connectivity index (χ2n) is 8.21. The van der Waals surface area contributed by atoms with E-state index in [1.165, 1.54) is 31.6 Å². The lowest BCUT2D eigenvalue weighted by Gasteiger charge is -2.26. The van der Waals surface area contributed by atoms with Gasteiger partial charge in [0.25, 0.3) is 0 Å². The van der Waals surface area contributed by atoms with Gasteiger partial charge in [0.05, 0.1) is 36.7 Å². The molecule has 38 heavy (non-hydrogen) atoms. The van der Waals surface area contributed by atoms with Crippen LogP contribution in [0.5, 0.6) is 11.5 Å². The van der Waals surface area contributed by atoms with Crippen molar-refractivity contribution in [2.24, 2.45) is 0 Å². The summed E-state index contributed by atoms with van der Waals surface area (Å²) < 4.78 is 30.5. The highest BCUT2D eigenvalue weighted by Gasteiger charge is 2.16. The van der Waals surface area contributed by atoms with Crippen molar-refractivity contribution in [3.63, 3.8) is 0 Å². The molecule has 0 bridgehead atoms. The third-order valence-corrected chi connectivity index (χ3v) is 5.93. The molecule has 1 fully saturated rings. The molecule has 4 rings (SSSR count). The molecule has 1 aliphatic heterocycles. The molecule has 0 aliphatic carbocycles. The van der Waals surface area contributed by atoms with Crippen LogP contribution in [0.25, 0.3) is 0 Å². The molecule has 1 aliphatic rings. The first-order valence-electron chi connectivity index (χ1n) is 11.8. The van der Waals surface area contributed by atoms with E-state index in [-0.39, 0.29) is 10.9 Å². The van der Waals surface area contributed by atoms with E-state index in [0.29, 0.717) is 60.0 Å². The zero-order chi connectivity index (χ0) is 26.9. The average molecular weight is 543 g/mol. The van der Waals surface area contributed by atoms with Gasteiger partial charge in [0.1, 0.15) is 41.9 Å². The molecule has 1 saturated heterocycles. The lowest BCUT2D eigenvalue weighted by Crippen LogP contribution is -2.38. The number of morpholine rings is 1. The number of ether oxygens (including phenoxy) is 3. The van der Waals surface area contributed by atoms with Gasteiger partial charge in [0, 0.05) is 37.5 Å². The van der Waals surface area contributed by atoms with E-state index in [4.69, 9.17) is 25.8 Å². The van der Waals surface area contributed by atoms with Gasteiger partial charge in [-0.15, -0.1) is 0 Å². The van der Waals surface area contributed by atoms with E-state index in [9.17, 15) is 9.18 Å². The molecular weight excluding hydrogens is 515 g/mol. The zero-order valence-corrected chi connectivity index (χ0v) is 21.6. The highest BCUT2D eigenvalue weighted by atomic mass is 35.5. The first-order chi connectivity index (χ1) is 18.4. The minimum atomic E-state index is -0.512. The van der Waals surface area contributed by atoms with Crippen LogP contribution in [-0.2, 0) is 9.53 Å². The van der Waals surface area contributed by atoms with Crippen LogP contribution in [0, 0.1) is 5.82 Å². The Morgan fingerprint density at radius 3 is 2.61 bits per heavy atom. The number of hydrogen-bond acceptors (Lipinski definition) is 9. The van der Waals surface area contributed by atoms with Gasteiger partial charge in [-0.1, -0.05) is 18.2 Å². The van der Waals surface area contributed by atoms with Gasteiger partial charge in [-0.2, -0.15) is 0 Å². The van der Waals surface area contributed by atoms with Crippen LogP contribution in [0.1, 0.15) is 0 Å². The SMILES string of the molecule is C=CC(=O)Nc1cc(Nc2cc(Nc3ccc(F)c(Cl)c3)ncn2)c(OC)cc1OCCN1CCOCC1. The van der Waals surface area contributed by atoms with Gasteiger partial charge >= 0.3 is 0 Å². The summed E-state index contributed by atoms with van der Waals surface area (Å²) in [6, 6.07) is 9.32. The Morgan fingerprint density at radius 2 is 1.89 bits per heavy atom. The number of halogens is 2. The fraction of sp³-hybridized carbons (Fsp3) is 0.269. The minimum absolute atomic E-state index is 0.00602. The van der Waals surface area contributed by atoms with Crippen LogP contribution in [-0.4, -0.2) is 67.3 Å². The van der Waals surface area contributed by atoms with Crippen LogP contribution in [0.15, 0.2) is 55.4 Å². The lowest BCUT2D eigenvalue weighted by molar-refractivity contribution is -0.111. The number of nitrogens with one attached hydrogen (secondary N) is 3. The Hall–Kier alpha value is -3.93. The highest BCUT2D eigenvalue weighted by Crippen LogP contribution is 2.38. The summed E-state index contributed by atoms with van der Waals surface area (Å²) in [6.45, 7) is 7.76. The Bertz CT molecular complexity index is 1290. The summed E-state index contributed by atoms with van der Waals surface area (Å²) in [4.78, 5) is 22.8. The smallest absolute Gasteiger partial charge is 0.247 e. The third kappa shape index (κ3) is 7.31. The Kier molecular flexibility index (Phi) is 9.30. The summed E-state index contributed by atoms with van der Waals surface area (Å²) in [6.07, 6.45) is 2.55. The molecule has 12 heteroatoms. The van der Waals surface area contributed by atoms with Crippen LogP contribution in [0.2, 0.25) is 5.02 Å². The molecular formula is C26H28ClFN6O4. The van der Waals surface area contributed by atoms with Crippen molar-refractivity contribution in [2.75, 3.05) is 62.5 Å². The lowest BCUT2D eigenvalue weighted by atomic mass is 10.2. The number of amides is 1. The maximum Gasteiger partial charge on any atom is 0.247 e. The highest BCUT2D eigenvalue weighted by molar-refractivity contribution is 6.31. The fourth-order valence-corrected chi connectivity index (χ4v) is 3.87. The molecule has 10 nitrogen and oxygen atoms in total. The van der Waals surface area contributed by atoms with Crippen LogP contribution < -0.4 is 25.4 Å². The Balaban J connectivity index is 1.53. The number of hydrogen-bond donors (Lipinski definition) is 3. The molecule has 0 atom stereocenters. The normalized spacial score (nSPS) is 13.4. The molecule has 200 valence electrons. The van der Waals surface area contributed by atoms with Crippen molar-refractivity contribution in [1.29, 1.82) is 0 Å². The summed E-state index contributed by atoms with van der Waals surface area (Å²) in [5.41, 5.74) is 1.53. The molecule has 0 saturated carbocycles. The standard InChI is InChI=1S/C26H28ClFN6O4/c1-3-26(35)33-21-13-20(22(36-2)14-23(21)38-11-8-34-6-9-37-10-7-34)32-25-15-24(29-16-30-25)31-17-4-5-19(28)18(27)12-17/h3-5,12-16H,1,6-11H2,2H3,(H,33,35)(H2,29,30,31,32). The van der Waals surface area contributed by atoms with Crippen LogP contribution >= 0.6 is 11.6 Å². The largest absolute Gasteiger partial charge is 0.494 e. The molecule has 3 N–H and O–H groups in total. The monoisotopic (exact) mass is 542 g/mol. The maximum absolute atomic E-state index is 13.5. The van der Waals surface area contributed by atoms with E-state index in [1.807, 2.05) is 0 Å². The van der Waals surface area contributed by atoms with Gasteiger partial charge in [-0.05, 0) is 30.3 Å². The first-order valence-corrected chi connectivity index (χ1v) is 12.2. The number of benzene rings is 2. The second-order valence-corrected chi connectivity index (χ2v) is 8.62. The van der Waals surface area contributed by atoms with Crippen molar-refractivity contribution in [3.8, 4) is 11.5 Å². The van der Waals surface area contributed by atoms with Crippen molar-refractivity contribution in [3.05, 3.63) is 66.2 Å². The van der Waals surface area contributed by atoms with E-state index < -0.39 is 5.82 Å². The number of anilines is 5. The molecule has 0 spiro atoms. The number of nitrogens with zero attached hydrogens (tertiary/aromatic N) is 3. The van der Waals surface area contributed by atoms with Gasteiger partial charge < -0.3 is 30.2 Å². The van der Waals surface area contributed by atoms with Crippen LogP contribution in [0.3, 0.4) is 0 Å². The second kappa shape index (κ2) is 13.0. The average Bonchev–Trinajstić information content (AvgIpc) is 2.92. The number of rotatable bonds is 11. The predicted molar refractivity (Wildman–Crippen MR) is 145 cm³/mol. The Labute approximate surface area is 224 Å². The zero-order valence-electron chi connectivity index (χ0n) is 20.8. The van der Waals surface area contributed by atoms with Gasteiger partial charge in [-0.3, -0.25) is 9.69 Å². The van der Waals surface area contributed by atoms with E-state index >= 15 is 0 Å². The van der Waals surface area contributed by atoms with Crippen molar-refractivity contribution < 1.29 is 23.4 Å². The Morgan fingerprint density at radius 1 is 1.13 bits per heavy atom. The molecule has 0 unspecified atom stereocenters. The van der Waals surface area contributed by atoms with Crippen LogP contribution in [0.4, 0.5) is 33.1 Å². The molecule has 2 aromatic carbocycles. The summed E-state index contributed by atoms with van der Waals surface area (Å²) in [5.74, 6) is 0.923. The molecule has 0 radical (unpaired) electrons. The predicted octanol–water partition coefficient (Wildman–Crippen LogP) is 4.60. The fourth-order valence-electron chi connectivity index (χ4n) is 3.69.